The first kappa shape index (κ1) is 22.4. The van der Waals surface area contributed by atoms with Gasteiger partial charge in [0.05, 0.1) is 22.2 Å². The van der Waals surface area contributed by atoms with Crippen molar-refractivity contribution in [1.29, 1.82) is 0 Å². The smallest absolute Gasteiger partial charge is 0.138 e. The number of nitrogens with zero attached hydrogens (tertiary/aromatic N) is 3. The lowest BCUT2D eigenvalue weighted by atomic mass is 9.92. The lowest BCUT2D eigenvalue weighted by Crippen LogP contribution is -1.99. The number of pyridine rings is 2. The zero-order valence-electron chi connectivity index (χ0n) is 21.5. The molecule has 0 radical (unpaired) electrons. The highest BCUT2D eigenvalue weighted by Crippen LogP contribution is 2.39. The summed E-state index contributed by atoms with van der Waals surface area (Å²) in [5, 5.41) is 3.64. The van der Waals surface area contributed by atoms with Crippen molar-refractivity contribution in [3.63, 3.8) is 0 Å². The molecule has 0 aliphatic rings. The van der Waals surface area contributed by atoms with Crippen molar-refractivity contribution in [2.24, 2.45) is 0 Å². The Hall–Kier alpha value is -4.76. The summed E-state index contributed by atoms with van der Waals surface area (Å²) in [6.07, 6.45) is 2.93. The molecule has 0 unspecified atom stereocenters. The first-order valence-corrected chi connectivity index (χ1v) is 13.2. The molecule has 4 aromatic carbocycles. The predicted molar refractivity (Wildman–Crippen MR) is 159 cm³/mol. The minimum atomic E-state index is 0.906. The normalized spacial score (nSPS) is 11.5. The number of benzene rings is 4. The number of para-hydroxylation sites is 2. The summed E-state index contributed by atoms with van der Waals surface area (Å²) in [6, 6.07) is 38.6. The number of aryl methyl sites for hydroxylation is 2. The van der Waals surface area contributed by atoms with Crippen LogP contribution in [0.5, 0.6) is 0 Å². The van der Waals surface area contributed by atoms with Crippen LogP contribution in [0.15, 0.2) is 115 Å². The summed E-state index contributed by atoms with van der Waals surface area (Å²) in [5.74, 6) is 0.906. The van der Waals surface area contributed by atoms with E-state index in [1.54, 1.807) is 0 Å². The van der Waals surface area contributed by atoms with Crippen LogP contribution < -0.4 is 0 Å². The van der Waals surface area contributed by atoms with Crippen molar-refractivity contribution in [1.82, 2.24) is 14.5 Å². The van der Waals surface area contributed by atoms with Gasteiger partial charge in [-0.1, -0.05) is 79.7 Å². The molecule has 182 valence electrons. The van der Waals surface area contributed by atoms with Gasteiger partial charge in [0.25, 0.3) is 0 Å². The SMILES string of the molecule is CCc1ccccc1-c1ccc2c(c1C)c1ccccc1n2-c1cccc(-c2cnc3ccccc3c2)n1. The Balaban J connectivity index is 1.45. The Kier molecular flexibility index (Phi) is 5.29. The Morgan fingerprint density at radius 3 is 2.45 bits per heavy atom. The number of fused-ring (bicyclic) bond motifs is 4. The second kappa shape index (κ2) is 8.97. The highest BCUT2D eigenvalue weighted by Gasteiger charge is 2.18. The lowest BCUT2D eigenvalue weighted by molar-refractivity contribution is 1.08. The molecular formula is C35H27N3. The van der Waals surface area contributed by atoms with E-state index in [1.165, 1.54) is 38.5 Å². The van der Waals surface area contributed by atoms with Gasteiger partial charge in [0.2, 0.25) is 0 Å². The van der Waals surface area contributed by atoms with Crippen molar-refractivity contribution < 1.29 is 0 Å². The maximum absolute atomic E-state index is 5.15. The first-order chi connectivity index (χ1) is 18.7. The molecule has 0 fully saturated rings. The third-order valence-corrected chi connectivity index (χ3v) is 7.64. The Bertz CT molecular complexity index is 1980. The molecule has 0 amide bonds. The van der Waals surface area contributed by atoms with Crippen molar-refractivity contribution in [3.05, 3.63) is 127 Å². The third kappa shape index (κ3) is 3.51. The highest BCUT2D eigenvalue weighted by molar-refractivity contribution is 6.12. The van der Waals surface area contributed by atoms with E-state index >= 15 is 0 Å². The Morgan fingerprint density at radius 1 is 0.711 bits per heavy atom. The van der Waals surface area contributed by atoms with Crippen LogP contribution in [0.25, 0.3) is 60.9 Å². The van der Waals surface area contributed by atoms with Crippen molar-refractivity contribution in [2.75, 3.05) is 0 Å². The minimum absolute atomic E-state index is 0.906. The standard InChI is InChI=1S/C35H27N3/c1-3-24-11-4-6-13-28(24)27-19-20-33-35(23(27)2)29-14-7-9-17-32(29)38(33)34-18-10-16-31(37-34)26-21-25-12-5-8-15-30(25)36-22-26/h4-22H,3H2,1-2H3. The highest BCUT2D eigenvalue weighted by atomic mass is 15.1. The van der Waals surface area contributed by atoms with Crippen LogP contribution in [0.3, 0.4) is 0 Å². The van der Waals surface area contributed by atoms with E-state index in [-0.39, 0.29) is 0 Å². The van der Waals surface area contributed by atoms with E-state index in [1.807, 2.05) is 24.4 Å². The van der Waals surface area contributed by atoms with Gasteiger partial charge in [-0.25, -0.2) is 4.98 Å². The maximum Gasteiger partial charge on any atom is 0.138 e. The van der Waals surface area contributed by atoms with Crippen LogP contribution >= 0.6 is 0 Å². The van der Waals surface area contributed by atoms with E-state index in [4.69, 9.17) is 4.98 Å². The zero-order chi connectivity index (χ0) is 25.6. The van der Waals surface area contributed by atoms with E-state index in [0.29, 0.717) is 0 Å². The van der Waals surface area contributed by atoms with Gasteiger partial charge in [-0.05, 0) is 72.0 Å². The summed E-state index contributed by atoms with van der Waals surface area (Å²) in [5.41, 5.74) is 10.5. The number of rotatable bonds is 4. The monoisotopic (exact) mass is 489 g/mol. The molecule has 3 nitrogen and oxygen atoms in total. The largest absolute Gasteiger partial charge is 0.294 e. The molecule has 0 saturated carbocycles. The molecular weight excluding hydrogens is 462 g/mol. The second-order valence-electron chi connectivity index (χ2n) is 9.79. The van der Waals surface area contributed by atoms with Crippen LogP contribution in [0.2, 0.25) is 0 Å². The second-order valence-corrected chi connectivity index (χ2v) is 9.79. The molecule has 0 atom stereocenters. The molecule has 7 rings (SSSR count). The van der Waals surface area contributed by atoms with Gasteiger partial charge in [-0.15, -0.1) is 0 Å². The third-order valence-electron chi connectivity index (χ3n) is 7.64. The van der Waals surface area contributed by atoms with Gasteiger partial charge in [0, 0.05) is 27.9 Å². The van der Waals surface area contributed by atoms with Crippen LogP contribution in [0.1, 0.15) is 18.1 Å². The maximum atomic E-state index is 5.15. The molecule has 7 aromatic rings. The van der Waals surface area contributed by atoms with Gasteiger partial charge in [0.1, 0.15) is 5.82 Å². The van der Waals surface area contributed by atoms with Crippen molar-refractivity contribution >= 4 is 32.7 Å². The molecule has 3 heterocycles. The van der Waals surface area contributed by atoms with Gasteiger partial charge in [-0.3, -0.25) is 9.55 Å². The predicted octanol–water partition coefficient (Wildman–Crippen LogP) is 8.93. The lowest BCUT2D eigenvalue weighted by Gasteiger charge is -2.13. The molecule has 0 bridgehead atoms. The summed E-state index contributed by atoms with van der Waals surface area (Å²) >= 11 is 0. The summed E-state index contributed by atoms with van der Waals surface area (Å²) < 4.78 is 2.30. The van der Waals surface area contributed by atoms with Crippen LogP contribution in [0.4, 0.5) is 0 Å². The fraction of sp³-hybridized carbons (Fsp3) is 0.0857. The van der Waals surface area contributed by atoms with Gasteiger partial charge in [0.15, 0.2) is 0 Å². The van der Waals surface area contributed by atoms with Crippen LogP contribution in [0, 0.1) is 6.92 Å². The van der Waals surface area contributed by atoms with Crippen molar-refractivity contribution in [3.8, 4) is 28.2 Å². The van der Waals surface area contributed by atoms with E-state index in [9.17, 15) is 0 Å². The summed E-state index contributed by atoms with van der Waals surface area (Å²) in [4.78, 5) is 9.82. The molecule has 3 aromatic heterocycles. The zero-order valence-corrected chi connectivity index (χ0v) is 21.5. The summed E-state index contributed by atoms with van der Waals surface area (Å²) in [7, 11) is 0. The molecule has 0 saturated heterocycles. The molecule has 0 spiro atoms. The Morgan fingerprint density at radius 2 is 1.53 bits per heavy atom. The fourth-order valence-electron chi connectivity index (χ4n) is 5.78. The minimum Gasteiger partial charge on any atom is -0.294 e. The number of aromatic nitrogens is 3. The Labute approximate surface area is 222 Å². The molecule has 3 heteroatoms. The average Bonchev–Trinajstić information content (AvgIpc) is 3.32. The first-order valence-electron chi connectivity index (χ1n) is 13.2. The van der Waals surface area contributed by atoms with Crippen molar-refractivity contribution in [2.45, 2.75) is 20.3 Å². The van der Waals surface area contributed by atoms with Gasteiger partial charge in [-0.2, -0.15) is 0 Å². The summed E-state index contributed by atoms with van der Waals surface area (Å²) in [6.45, 7) is 4.48. The van der Waals surface area contributed by atoms with Gasteiger partial charge >= 0.3 is 0 Å². The number of hydrogen-bond acceptors (Lipinski definition) is 2. The van der Waals surface area contributed by atoms with Crippen LogP contribution in [-0.2, 0) is 6.42 Å². The number of hydrogen-bond donors (Lipinski definition) is 0. The van der Waals surface area contributed by atoms with E-state index in [2.05, 4.69) is 114 Å². The topological polar surface area (TPSA) is 30.7 Å². The average molecular weight is 490 g/mol. The van der Waals surface area contributed by atoms with Crippen LogP contribution in [-0.4, -0.2) is 14.5 Å². The molecule has 0 aliphatic carbocycles. The quantitative estimate of drug-likeness (QED) is 0.247. The fourth-order valence-corrected chi connectivity index (χ4v) is 5.78. The molecule has 0 aliphatic heterocycles. The van der Waals surface area contributed by atoms with E-state index in [0.717, 1.165) is 39.9 Å². The van der Waals surface area contributed by atoms with Gasteiger partial charge < -0.3 is 0 Å². The molecule has 38 heavy (non-hydrogen) atoms. The van der Waals surface area contributed by atoms with E-state index < -0.39 is 0 Å². The molecule has 0 N–H and O–H groups in total.